The summed E-state index contributed by atoms with van der Waals surface area (Å²) in [6.07, 6.45) is 5.12. The van der Waals surface area contributed by atoms with Crippen LogP contribution in [0.5, 0.6) is 0 Å². The first kappa shape index (κ1) is 26.2. The average Bonchev–Trinajstić information content (AvgIpc) is 3.28. The van der Waals surface area contributed by atoms with Crippen molar-refractivity contribution in [1.29, 1.82) is 0 Å². The number of rotatable bonds is 9. The monoisotopic (exact) mass is 549 g/mol. The summed E-state index contributed by atoms with van der Waals surface area (Å²) in [5, 5.41) is 3.06. The lowest BCUT2D eigenvalue weighted by Crippen LogP contribution is -2.52. The minimum atomic E-state index is -3.76. The second-order valence-electron chi connectivity index (χ2n) is 8.90. The summed E-state index contributed by atoms with van der Waals surface area (Å²) in [6.45, 7) is 3.45. The van der Waals surface area contributed by atoms with Gasteiger partial charge in [-0.1, -0.05) is 54.8 Å². The third kappa shape index (κ3) is 6.82. The first-order valence-electron chi connectivity index (χ1n) is 11.4. The molecule has 2 aromatic carbocycles. The predicted molar refractivity (Wildman–Crippen MR) is 138 cm³/mol. The van der Waals surface area contributed by atoms with Gasteiger partial charge in [-0.05, 0) is 60.3 Å². The summed E-state index contributed by atoms with van der Waals surface area (Å²) in [5.41, 5.74) is 2.29. The Morgan fingerprint density at radius 3 is 2.41 bits per heavy atom. The number of anilines is 1. The third-order valence-electron chi connectivity index (χ3n) is 6.10. The topological polar surface area (TPSA) is 86.8 Å². The van der Waals surface area contributed by atoms with Crippen molar-refractivity contribution >= 4 is 43.5 Å². The Kier molecular flexibility index (Phi) is 8.76. The van der Waals surface area contributed by atoms with Gasteiger partial charge < -0.3 is 10.2 Å². The Labute approximate surface area is 210 Å². The zero-order chi connectivity index (χ0) is 24.9. The number of amides is 2. The highest BCUT2D eigenvalue weighted by Gasteiger charge is 2.31. The molecular weight excluding hydrogens is 518 g/mol. The maximum Gasteiger partial charge on any atom is 0.244 e. The Hall–Kier alpha value is -2.39. The van der Waals surface area contributed by atoms with Crippen LogP contribution in [-0.2, 0) is 26.2 Å². The second kappa shape index (κ2) is 11.4. The summed E-state index contributed by atoms with van der Waals surface area (Å²) in [5.74, 6) is -0.670. The van der Waals surface area contributed by atoms with E-state index in [9.17, 15) is 18.0 Å². The molecule has 9 heteroatoms. The number of para-hydroxylation sites is 1. The lowest BCUT2D eigenvalue weighted by Gasteiger charge is -2.32. The van der Waals surface area contributed by atoms with Gasteiger partial charge in [-0.2, -0.15) is 0 Å². The van der Waals surface area contributed by atoms with E-state index in [1.807, 2.05) is 31.2 Å². The van der Waals surface area contributed by atoms with Crippen LogP contribution in [0, 0.1) is 6.92 Å². The lowest BCUT2D eigenvalue weighted by molar-refractivity contribution is -0.139. The molecule has 7 nitrogen and oxygen atoms in total. The molecule has 1 fully saturated rings. The molecule has 1 N–H and O–H groups in total. The molecule has 0 aliphatic heterocycles. The fourth-order valence-electron chi connectivity index (χ4n) is 4.23. The number of nitrogens with zero attached hydrogens (tertiary/aromatic N) is 2. The summed E-state index contributed by atoms with van der Waals surface area (Å²) < 4.78 is 26.9. The van der Waals surface area contributed by atoms with E-state index in [-0.39, 0.29) is 18.5 Å². The number of aryl methyl sites for hydroxylation is 1. The zero-order valence-corrected chi connectivity index (χ0v) is 22.2. The van der Waals surface area contributed by atoms with Gasteiger partial charge in [0, 0.05) is 17.1 Å². The molecule has 1 unspecified atom stereocenters. The second-order valence-corrected chi connectivity index (χ2v) is 11.7. The number of nitrogens with one attached hydrogen (secondary N) is 1. The summed E-state index contributed by atoms with van der Waals surface area (Å²) in [6, 6.07) is 13.9. The van der Waals surface area contributed by atoms with Crippen LogP contribution in [0.4, 0.5) is 5.69 Å². The van der Waals surface area contributed by atoms with Gasteiger partial charge in [-0.3, -0.25) is 13.9 Å². The van der Waals surface area contributed by atoms with E-state index in [1.54, 1.807) is 31.2 Å². The van der Waals surface area contributed by atoms with E-state index in [0.29, 0.717) is 10.2 Å². The van der Waals surface area contributed by atoms with Crippen LogP contribution in [0.3, 0.4) is 0 Å². The molecule has 2 amide bonds. The number of hydrogen-bond donors (Lipinski definition) is 1. The van der Waals surface area contributed by atoms with E-state index in [1.165, 1.54) is 4.90 Å². The number of carbonyl (C=O) groups excluding carboxylic acids is 2. The highest BCUT2D eigenvalue weighted by Crippen LogP contribution is 2.28. The van der Waals surface area contributed by atoms with Crippen LogP contribution in [-0.4, -0.2) is 50.0 Å². The van der Waals surface area contributed by atoms with Crippen molar-refractivity contribution in [2.75, 3.05) is 17.1 Å². The van der Waals surface area contributed by atoms with Gasteiger partial charge in [0.1, 0.15) is 12.6 Å². The molecule has 0 aromatic heterocycles. The minimum Gasteiger partial charge on any atom is -0.352 e. The molecule has 1 atom stereocenters. The van der Waals surface area contributed by atoms with E-state index >= 15 is 0 Å². The van der Waals surface area contributed by atoms with Gasteiger partial charge in [0.15, 0.2) is 0 Å². The third-order valence-corrected chi connectivity index (χ3v) is 7.90. The maximum atomic E-state index is 13.6. The molecule has 184 valence electrons. The van der Waals surface area contributed by atoms with Crippen molar-refractivity contribution in [3.63, 3.8) is 0 Å². The number of hydrogen-bond acceptors (Lipinski definition) is 4. The smallest absolute Gasteiger partial charge is 0.244 e. The standard InChI is InChI=1S/C25H32BrN3O4S/c1-18-9-8-10-20(15-18)16-28(19(2)25(31)27-21-11-4-5-12-21)24(30)17-29(34(3,32)33)23-14-7-6-13-22(23)26/h6-10,13-15,19,21H,4-5,11-12,16-17H2,1-3H3,(H,27,31). The molecule has 0 saturated heterocycles. The van der Waals surface area contributed by atoms with Gasteiger partial charge in [0.25, 0.3) is 0 Å². The molecule has 34 heavy (non-hydrogen) atoms. The van der Waals surface area contributed by atoms with Crippen LogP contribution in [0.15, 0.2) is 53.0 Å². The molecular formula is C25H32BrN3O4S. The fourth-order valence-corrected chi connectivity index (χ4v) is 5.71. The molecule has 1 aliphatic carbocycles. The number of benzene rings is 2. The normalized spacial score (nSPS) is 15.1. The number of halogens is 1. The summed E-state index contributed by atoms with van der Waals surface area (Å²) in [7, 11) is -3.76. The van der Waals surface area contributed by atoms with Gasteiger partial charge in [0.05, 0.1) is 11.9 Å². The lowest BCUT2D eigenvalue weighted by atomic mass is 10.1. The molecule has 2 aromatic rings. The molecule has 1 saturated carbocycles. The largest absolute Gasteiger partial charge is 0.352 e. The van der Waals surface area contributed by atoms with Crippen molar-refractivity contribution < 1.29 is 18.0 Å². The minimum absolute atomic E-state index is 0.124. The first-order chi connectivity index (χ1) is 16.1. The molecule has 0 heterocycles. The highest BCUT2D eigenvalue weighted by molar-refractivity contribution is 9.10. The predicted octanol–water partition coefficient (Wildman–Crippen LogP) is 4.00. The van der Waals surface area contributed by atoms with Crippen LogP contribution in [0.1, 0.15) is 43.7 Å². The number of carbonyl (C=O) groups is 2. The van der Waals surface area contributed by atoms with Crippen molar-refractivity contribution in [3.8, 4) is 0 Å². The fraction of sp³-hybridized carbons (Fsp3) is 0.440. The first-order valence-corrected chi connectivity index (χ1v) is 14.1. The number of sulfonamides is 1. The SMILES string of the molecule is Cc1cccc(CN(C(=O)CN(c2ccccc2Br)S(C)(=O)=O)C(C)C(=O)NC2CCCC2)c1. The molecule has 1 aliphatic rings. The Bertz CT molecular complexity index is 1130. The molecule has 0 radical (unpaired) electrons. The maximum absolute atomic E-state index is 13.6. The van der Waals surface area contributed by atoms with E-state index in [2.05, 4.69) is 21.2 Å². The van der Waals surface area contributed by atoms with Crippen molar-refractivity contribution in [2.24, 2.45) is 0 Å². The van der Waals surface area contributed by atoms with Crippen LogP contribution < -0.4 is 9.62 Å². The van der Waals surface area contributed by atoms with Crippen molar-refractivity contribution in [1.82, 2.24) is 10.2 Å². The van der Waals surface area contributed by atoms with Crippen LogP contribution in [0.25, 0.3) is 0 Å². The van der Waals surface area contributed by atoms with E-state index in [4.69, 9.17) is 0 Å². The Morgan fingerprint density at radius 2 is 1.79 bits per heavy atom. The zero-order valence-electron chi connectivity index (χ0n) is 19.8. The molecule has 3 rings (SSSR count). The average molecular weight is 551 g/mol. The summed E-state index contributed by atoms with van der Waals surface area (Å²) in [4.78, 5) is 28.1. The van der Waals surface area contributed by atoms with Gasteiger partial charge in [-0.15, -0.1) is 0 Å². The van der Waals surface area contributed by atoms with Gasteiger partial charge in [0.2, 0.25) is 21.8 Å². The van der Waals surface area contributed by atoms with Crippen molar-refractivity contribution in [3.05, 3.63) is 64.1 Å². The van der Waals surface area contributed by atoms with E-state index in [0.717, 1.165) is 47.4 Å². The summed E-state index contributed by atoms with van der Waals surface area (Å²) >= 11 is 3.38. The van der Waals surface area contributed by atoms with Gasteiger partial charge in [-0.25, -0.2) is 8.42 Å². The van der Waals surface area contributed by atoms with Crippen molar-refractivity contribution in [2.45, 2.75) is 58.2 Å². The van der Waals surface area contributed by atoms with Crippen LogP contribution >= 0.6 is 15.9 Å². The van der Waals surface area contributed by atoms with Crippen LogP contribution in [0.2, 0.25) is 0 Å². The Balaban J connectivity index is 1.89. The Morgan fingerprint density at radius 1 is 1.12 bits per heavy atom. The highest BCUT2D eigenvalue weighted by atomic mass is 79.9. The van der Waals surface area contributed by atoms with Gasteiger partial charge >= 0.3 is 0 Å². The molecule has 0 bridgehead atoms. The molecule has 0 spiro atoms. The van der Waals surface area contributed by atoms with E-state index < -0.39 is 28.5 Å². The quantitative estimate of drug-likeness (QED) is 0.512.